The van der Waals surface area contributed by atoms with Gasteiger partial charge < -0.3 is 20.9 Å². The van der Waals surface area contributed by atoms with Crippen LogP contribution in [-0.2, 0) is 0 Å². The Hall–Kier alpha value is -1.95. The molecule has 0 bridgehead atoms. The summed E-state index contributed by atoms with van der Waals surface area (Å²) < 4.78 is 0. The third-order valence-corrected chi connectivity index (χ3v) is 5.03. The molecule has 3 rings (SSSR count). The molecule has 0 saturated carbocycles. The number of amides is 1. The Morgan fingerprint density at radius 2 is 1.76 bits per heavy atom. The average molecular weight is 379 g/mol. The van der Waals surface area contributed by atoms with Gasteiger partial charge >= 0.3 is 0 Å². The zero-order chi connectivity index (χ0) is 18.0. The highest BCUT2D eigenvalue weighted by molar-refractivity contribution is 6.42. The zero-order valence-corrected chi connectivity index (χ0v) is 15.4. The highest BCUT2D eigenvalue weighted by atomic mass is 35.5. The Balaban J connectivity index is 1.84. The first-order valence-corrected chi connectivity index (χ1v) is 8.79. The maximum absolute atomic E-state index is 12.6. The van der Waals surface area contributed by atoms with Gasteiger partial charge in [0.2, 0.25) is 0 Å². The summed E-state index contributed by atoms with van der Waals surface area (Å²) in [5.74, 6) is -0.250. The molecule has 7 heteroatoms. The maximum Gasteiger partial charge on any atom is 0.255 e. The molecule has 2 aromatic rings. The van der Waals surface area contributed by atoms with Gasteiger partial charge in [-0.25, -0.2) is 0 Å². The summed E-state index contributed by atoms with van der Waals surface area (Å²) in [6, 6.07) is 10.4. The second kappa shape index (κ2) is 7.52. The lowest BCUT2D eigenvalue weighted by Crippen LogP contribution is -2.44. The summed E-state index contributed by atoms with van der Waals surface area (Å²) in [7, 11) is 2.10. The number of nitrogens with zero attached hydrogens (tertiary/aromatic N) is 2. The van der Waals surface area contributed by atoms with Crippen LogP contribution in [0.1, 0.15) is 10.4 Å². The fourth-order valence-corrected chi connectivity index (χ4v) is 3.11. The minimum atomic E-state index is -0.250. The van der Waals surface area contributed by atoms with Crippen molar-refractivity contribution in [2.75, 3.05) is 49.2 Å². The van der Waals surface area contributed by atoms with E-state index in [9.17, 15) is 4.79 Å². The SMILES string of the molecule is CN1CCN(c2ccc(N)cc2NC(=O)c2ccc(Cl)c(Cl)c2)CC1. The predicted molar refractivity (Wildman–Crippen MR) is 105 cm³/mol. The molecule has 1 fully saturated rings. The van der Waals surface area contributed by atoms with Crippen LogP contribution in [0, 0.1) is 0 Å². The van der Waals surface area contributed by atoms with Gasteiger partial charge in [0, 0.05) is 37.4 Å². The molecule has 1 heterocycles. The van der Waals surface area contributed by atoms with Gasteiger partial charge in [-0.1, -0.05) is 23.2 Å². The highest BCUT2D eigenvalue weighted by Gasteiger charge is 2.19. The molecular weight excluding hydrogens is 359 g/mol. The first-order valence-electron chi connectivity index (χ1n) is 8.03. The van der Waals surface area contributed by atoms with Crippen molar-refractivity contribution < 1.29 is 4.79 Å². The van der Waals surface area contributed by atoms with E-state index in [1.54, 1.807) is 24.3 Å². The van der Waals surface area contributed by atoms with Crippen LogP contribution in [0.4, 0.5) is 17.1 Å². The summed E-state index contributed by atoms with van der Waals surface area (Å²) in [6.07, 6.45) is 0. The fraction of sp³-hybridized carbons (Fsp3) is 0.278. The van der Waals surface area contributed by atoms with Crippen molar-refractivity contribution >= 4 is 46.2 Å². The Kier molecular flexibility index (Phi) is 5.37. The smallest absolute Gasteiger partial charge is 0.255 e. The Morgan fingerprint density at radius 1 is 1.04 bits per heavy atom. The van der Waals surface area contributed by atoms with Crippen LogP contribution >= 0.6 is 23.2 Å². The monoisotopic (exact) mass is 378 g/mol. The lowest BCUT2D eigenvalue weighted by atomic mass is 10.1. The highest BCUT2D eigenvalue weighted by Crippen LogP contribution is 2.30. The van der Waals surface area contributed by atoms with E-state index in [0.29, 0.717) is 27.0 Å². The number of anilines is 3. The molecule has 0 aliphatic carbocycles. The van der Waals surface area contributed by atoms with E-state index >= 15 is 0 Å². The van der Waals surface area contributed by atoms with Gasteiger partial charge in [-0.05, 0) is 43.4 Å². The minimum Gasteiger partial charge on any atom is -0.399 e. The van der Waals surface area contributed by atoms with Crippen molar-refractivity contribution in [3.8, 4) is 0 Å². The number of piperazine rings is 1. The molecule has 0 spiro atoms. The lowest BCUT2D eigenvalue weighted by Gasteiger charge is -2.35. The van der Waals surface area contributed by atoms with E-state index < -0.39 is 0 Å². The second-order valence-electron chi connectivity index (χ2n) is 6.15. The first kappa shape index (κ1) is 17.9. The van der Waals surface area contributed by atoms with Crippen molar-refractivity contribution in [1.29, 1.82) is 0 Å². The number of carbonyl (C=O) groups excluding carboxylic acids is 1. The predicted octanol–water partition coefficient (Wildman–Crippen LogP) is 3.58. The molecule has 1 aliphatic rings. The number of nitrogens with one attached hydrogen (secondary N) is 1. The van der Waals surface area contributed by atoms with Crippen molar-refractivity contribution in [2.24, 2.45) is 0 Å². The van der Waals surface area contributed by atoms with Gasteiger partial charge in [0.25, 0.3) is 5.91 Å². The van der Waals surface area contributed by atoms with Crippen LogP contribution in [0.25, 0.3) is 0 Å². The largest absolute Gasteiger partial charge is 0.399 e. The van der Waals surface area contributed by atoms with Gasteiger partial charge in [0.1, 0.15) is 0 Å². The third kappa shape index (κ3) is 4.18. The molecule has 25 heavy (non-hydrogen) atoms. The molecule has 1 amide bonds. The third-order valence-electron chi connectivity index (χ3n) is 4.29. The number of likely N-dealkylation sites (N-methyl/N-ethyl adjacent to an activating group) is 1. The Labute approximate surface area is 157 Å². The molecule has 0 aromatic heterocycles. The molecule has 1 saturated heterocycles. The van der Waals surface area contributed by atoms with E-state index in [-0.39, 0.29) is 5.91 Å². The summed E-state index contributed by atoms with van der Waals surface area (Å²) >= 11 is 11.9. The van der Waals surface area contributed by atoms with Crippen LogP contribution in [0.15, 0.2) is 36.4 Å². The molecule has 1 aliphatic heterocycles. The average Bonchev–Trinajstić information content (AvgIpc) is 2.58. The molecule has 5 nitrogen and oxygen atoms in total. The van der Waals surface area contributed by atoms with Crippen LogP contribution < -0.4 is 16.0 Å². The number of hydrogen-bond donors (Lipinski definition) is 2. The summed E-state index contributed by atoms with van der Waals surface area (Å²) in [6.45, 7) is 3.75. The molecule has 132 valence electrons. The Bertz CT molecular complexity index is 789. The summed E-state index contributed by atoms with van der Waals surface area (Å²) in [4.78, 5) is 17.1. The standard InChI is InChI=1S/C18H20Cl2N4O/c1-23-6-8-24(9-7-23)17-5-3-13(21)11-16(17)22-18(25)12-2-4-14(19)15(20)10-12/h2-5,10-11H,6-9,21H2,1H3,(H,22,25). The van der Waals surface area contributed by atoms with Gasteiger partial charge in [-0.15, -0.1) is 0 Å². The summed E-state index contributed by atoms with van der Waals surface area (Å²) in [5, 5.41) is 3.71. The van der Waals surface area contributed by atoms with Crippen molar-refractivity contribution in [1.82, 2.24) is 4.90 Å². The quantitative estimate of drug-likeness (QED) is 0.801. The van der Waals surface area contributed by atoms with Crippen molar-refractivity contribution in [2.45, 2.75) is 0 Å². The van der Waals surface area contributed by atoms with E-state index in [2.05, 4.69) is 22.2 Å². The Morgan fingerprint density at radius 3 is 2.44 bits per heavy atom. The van der Waals surface area contributed by atoms with Gasteiger partial charge in [-0.2, -0.15) is 0 Å². The van der Waals surface area contributed by atoms with Gasteiger partial charge in [0.05, 0.1) is 21.4 Å². The fourth-order valence-electron chi connectivity index (χ4n) is 2.81. The molecule has 0 radical (unpaired) electrons. The minimum absolute atomic E-state index is 0.250. The van der Waals surface area contributed by atoms with Crippen LogP contribution in [-0.4, -0.2) is 44.0 Å². The molecular formula is C18H20Cl2N4O. The first-order chi connectivity index (χ1) is 11.9. The number of hydrogen-bond acceptors (Lipinski definition) is 4. The number of nitrogens with two attached hydrogens (primary N) is 1. The van der Waals surface area contributed by atoms with Crippen LogP contribution in [0.3, 0.4) is 0 Å². The van der Waals surface area contributed by atoms with E-state index in [1.165, 1.54) is 0 Å². The zero-order valence-electron chi connectivity index (χ0n) is 13.9. The maximum atomic E-state index is 12.6. The van der Waals surface area contributed by atoms with E-state index in [4.69, 9.17) is 28.9 Å². The van der Waals surface area contributed by atoms with Crippen LogP contribution in [0.5, 0.6) is 0 Å². The van der Waals surface area contributed by atoms with E-state index in [1.807, 2.05) is 12.1 Å². The molecule has 2 aromatic carbocycles. The molecule has 3 N–H and O–H groups in total. The number of benzene rings is 2. The normalized spacial score (nSPS) is 15.2. The van der Waals surface area contributed by atoms with Crippen molar-refractivity contribution in [3.05, 3.63) is 52.0 Å². The number of halogens is 2. The number of nitrogen functional groups attached to an aromatic ring is 1. The number of carbonyl (C=O) groups is 1. The van der Waals surface area contributed by atoms with Crippen molar-refractivity contribution in [3.63, 3.8) is 0 Å². The second-order valence-corrected chi connectivity index (χ2v) is 6.96. The van der Waals surface area contributed by atoms with Gasteiger partial charge in [0.15, 0.2) is 0 Å². The molecule has 0 unspecified atom stereocenters. The van der Waals surface area contributed by atoms with Gasteiger partial charge in [-0.3, -0.25) is 4.79 Å². The van der Waals surface area contributed by atoms with E-state index in [0.717, 1.165) is 31.9 Å². The molecule has 0 atom stereocenters. The summed E-state index contributed by atoms with van der Waals surface area (Å²) in [5.41, 5.74) is 8.63. The lowest BCUT2D eigenvalue weighted by molar-refractivity contribution is 0.102. The topological polar surface area (TPSA) is 61.6 Å². The number of rotatable bonds is 3. The van der Waals surface area contributed by atoms with Crippen LogP contribution in [0.2, 0.25) is 10.0 Å².